The maximum atomic E-state index is 12.9. The van der Waals surface area contributed by atoms with Crippen molar-refractivity contribution in [3.05, 3.63) is 48.0 Å². The van der Waals surface area contributed by atoms with Gasteiger partial charge in [0.05, 0.1) is 6.61 Å². The number of ether oxygens (including phenoxy) is 3. The van der Waals surface area contributed by atoms with Gasteiger partial charge in [0.1, 0.15) is 17.2 Å². The minimum absolute atomic E-state index is 0.0233. The first-order valence-electron chi connectivity index (χ1n) is 10.4. The molecule has 1 rings (SSSR count). The number of hydrogen-bond donors (Lipinski definition) is 0. The van der Waals surface area contributed by atoms with Gasteiger partial charge in [-0.2, -0.15) is 0 Å². The Labute approximate surface area is 185 Å². The Hall–Kier alpha value is -2.83. The van der Waals surface area contributed by atoms with E-state index in [1.807, 2.05) is 30.3 Å². The molecule has 0 saturated carbocycles. The normalized spacial score (nSPS) is 12.9. The van der Waals surface area contributed by atoms with Crippen LogP contribution in [0.1, 0.15) is 54.0 Å². The van der Waals surface area contributed by atoms with E-state index in [0.29, 0.717) is 0 Å². The van der Waals surface area contributed by atoms with Crippen molar-refractivity contribution in [2.75, 3.05) is 13.2 Å². The number of amides is 1. The van der Waals surface area contributed by atoms with Gasteiger partial charge in [0.25, 0.3) is 0 Å². The molecule has 0 aliphatic rings. The lowest BCUT2D eigenvalue weighted by Crippen LogP contribution is -2.49. The van der Waals surface area contributed by atoms with E-state index in [0.717, 1.165) is 5.56 Å². The molecule has 0 saturated heterocycles. The highest BCUT2D eigenvalue weighted by molar-refractivity contribution is 5.83. The summed E-state index contributed by atoms with van der Waals surface area (Å²) in [5.41, 5.74) is -0.520. The van der Waals surface area contributed by atoms with E-state index in [9.17, 15) is 14.4 Å². The molecule has 0 aliphatic heterocycles. The Morgan fingerprint density at radius 3 is 2.06 bits per heavy atom. The van der Waals surface area contributed by atoms with Gasteiger partial charge >= 0.3 is 18.0 Å². The predicted molar refractivity (Wildman–Crippen MR) is 118 cm³/mol. The van der Waals surface area contributed by atoms with Crippen molar-refractivity contribution >= 4 is 18.0 Å². The molecule has 31 heavy (non-hydrogen) atoms. The van der Waals surface area contributed by atoms with Crippen molar-refractivity contribution in [1.29, 1.82) is 0 Å². The van der Waals surface area contributed by atoms with E-state index in [2.05, 4.69) is 0 Å². The first kappa shape index (κ1) is 26.2. The lowest BCUT2D eigenvalue weighted by molar-refractivity contribution is -0.149. The van der Waals surface area contributed by atoms with Gasteiger partial charge in [0.2, 0.25) is 0 Å². The minimum atomic E-state index is -0.916. The maximum Gasteiger partial charge on any atom is 0.411 e. The lowest BCUT2D eigenvalue weighted by atomic mass is 10.0. The fourth-order valence-corrected chi connectivity index (χ4v) is 2.64. The van der Waals surface area contributed by atoms with Crippen LogP contribution in [0.3, 0.4) is 0 Å². The van der Waals surface area contributed by atoms with E-state index in [-0.39, 0.29) is 19.6 Å². The van der Waals surface area contributed by atoms with Crippen LogP contribution in [-0.4, -0.2) is 53.3 Å². The summed E-state index contributed by atoms with van der Waals surface area (Å²) in [5, 5.41) is 0. The zero-order valence-electron chi connectivity index (χ0n) is 19.6. The summed E-state index contributed by atoms with van der Waals surface area (Å²) >= 11 is 0. The van der Waals surface area contributed by atoms with Gasteiger partial charge in [-0.1, -0.05) is 36.4 Å². The molecule has 0 bridgehead atoms. The standard InChI is InChI=1S/C24H35NO6/c1-8-29-21(27)19(17-18-13-10-9-11-14-18)25(22(28)31-24(5,6)7)16-12-15-20(26)30-23(2,3)4/h9-15,19H,8,16-17H2,1-7H3/b15-12+/t19-/m0/s1. The van der Waals surface area contributed by atoms with Gasteiger partial charge in [-0.05, 0) is 54.0 Å². The van der Waals surface area contributed by atoms with E-state index in [1.165, 1.54) is 17.1 Å². The van der Waals surface area contributed by atoms with Crippen LogP contribution in [0.15, 0.2) is 42.5 Å². The Morgan fingerprint density at radius 2 is 1.55 bits per heavy atom. The monoisotopic (exact) mass is 433 g/mol. The molecule has 172 valence electrons. The summed E-state index contributed by atoms with van der Waals surface area (Å²) in [6.07, 6.45) is 2.30. The molecule has 1 aromatic carbocycles. The smallest absolute Gasteiger partial charge is 0.411 e. The number of esters is 2. The molecule has 7 nitrogen and oxygen atoms in total. The SMILES string of the molecule is CCOC(=O)[C@H](Cc1ccccc1)N(C/C=C/C(=O)OC(C)(C)C)C(=O)OC(C)(C)C. The number of hydrogen-bond acceptors (Lipinski definition) is 6. The lowest BCUT2D eigenvalue weighted by Gasteiger charge is -2.31. The van der Waals surface area contributed by atoms with Crippen LogP contribution in [0.4, 0.5) is 4.79 Å². The molecule has 1 amide bonds. The molecular formula is C24H35NO6. The van der Waals surface area contributed by atoms with Crippen molar-refractivity contribution in [2.45, 2.75) is 72.1 Å². The van der Waals surface area contributed by atoms with Crippen molar-refractivity contribution < 1.29 is 28.6 Å². The number of rotatable bonds is 8. The Morgan fingerprint density at radius 1 is 0.968 bits per heavy atom. The third-order valence-electron chi connectivity index (χ3n) is 3.80. The number of benzene rings is 1. The molecule has 1 atom stereocenters. The van der Waals surface area contributed by atoms with Gasteiger partial charge in [-0.15, -0.1) is 0 Å². The van der Waals surface area contributed by atoms with Crippen LogP contribution >= 0.6 is 0 Å². The molecule has 0 fully saturated rings. The minimum Gasteiger partial charge on any atom is -0.464 e. The van der Waals surface area contributed by atoms with Crippen LogP contribution in [0.25, 0.3) is 0 Å². The van der Waals surface area contributed by atoms with Crippen LogP contribution < -0.4 is 0 Å². The second kappa shape index (κ2) is 11.5. The third-order valence-corrected chi connectivity index (χ3v) is 3.80. The molecule has 7 heteroatoms. The van der Waals surface area contributed by atoms with Gasteiger partial charge in [-0.3, -0.25) is 4.90 Å². The summed E-state index contributed by atoms with van der Waals surface area (Å²) in [6.45, 7) is 12.4. The van der Waals surface area contributed by atoms with E-state index in [4.69, 9.17) is 14.2 Å². The summed E-state index contributed by atoms with van der Waals surface area (Å²) in [6, 6.07) is 8.42. The Balaban J connectivity index is 3.17. The predicted octanol–water partition coefficient (Wildman–Crippen LogP) is 4.30. The fourth-order valence-electron chi connectivity index (χ4n) is 2.64. The summed E-state index contributed by atoms with van der Waals surface area (Å²) < 4.78 is 16.0. The second-order valence-electron chi connectivity index (χ2n) is 9.03. The highest BCUT2D eigenvalue weighted by atomic mass is 16.6. The van der Waals surface area contributed by atoms with Gasteiger partial charge in [0.15, 0.2) is 0 Å². The van der Waals surface area contributed by atoms with Crippen LogP contribution in [-0.2, 0) is 30.2 Å². The van der Waals surface area contributed by atoms with Crippen molar-refractivity contribution in [2.24, 2.45) is 0 Å². The largest absolute Gasteiger partial charge is 0.464 e. The summed E-state index contributed by atoms with van der Waals surface area (Å²) in [4.78, 5) is 39.0. The first-order valence-corrected chi connectivity index (χ1v) is 10.4. The summed E-state index contributed by atoms with van der Waals surface area (Å²) in [5.74, 6) is -1.07. The number of nitrogens with zero attached hydrogens (tertiary/aromatic N) is 1. The van der Waals surface area contributed by atoms with Crippen LogP contribution in [0.2, 0.25) is 0 Å². The summed E-state index contributed by atoms with van der Waals surface area (Å²) in [7, 11) is 0. The second-order valence-corrected chi connectivity index (χ2v) is 9.03. The van der Waals surface area contributed by atoms with Crippen molar-refractivity contribution in [1.82, 2.24) is 4.90 Å². The van der Waals surface area contributed by atoms with Crippen molar-refractivity contribution in [3.8, 4) is 0 Å². The zero-order chi connectivity index (χ0) is 23.7. The highest BCUT2D eigenvalue weighted by Crippen LogP contribution is 2.17. The van der Waals surface area contributed by atoms with E-state index in [1.54, 1.807) is 48.5 Å². The Bertz CT molecular complexity index is 759. The third kappa shape index (κ3) is 10.7. The number of carbonyl (C=O) groups is 3. The first-order chi connectivity index (χ1) is 14.3. The molecule has 0 spiro atoms. The van der Waals surface area contributed by atoms with Gasteiger partial charge < -0.3 is 14.2 Å². The van der Waals surface area contributed by atoms with Gasteiger partial charge in [0, 0.05) is 19.0 Å². The zero-order valence-corrected chi connectivity index (χ0v) is 19.6. The fraction of sp³-hybridized carbons (Fsp3) is 0.542. The van der Waals surface area contributed by atoms with Crippen LogP contribution in [0, 0.1) is 0 Å². The Kier molecular flexibility index (Phi) is 9.75. The molecule has 0 aromatic heterocycles. The average molecular weight is 434 g/mol. The molecular weight excluding hydrogens is 398 g/mol. The number of carbonyl (C=O) groups excluding carboxylic acids is 3. The van der Waals surface area contributed by atoms with Crippen LogP contribution in [0.5, 0.6) is 0 Å². The quantitative estimate of drug-likeness (QED) is 0.345. The maximum absolute atomic E-state index is 12.9. The molecule has 0 unspecified atom stereocenters. The molecule has 1 aromatic rings. The van der Waals surface area contributed by atoms with Gasteiger partial charge in [-0.25, -0.2) is 14.4 Å². The molecule has 0 N–H and O–H groups in total. The molecule has 0 radical (unpaired) electrons. The molecule has 0 aliphatic carbocycles. The molecule has 0 heterocycles. The van der Waals surface area contributed by atoms with Crippen molar-refractivity contribution in [3.63, 3.8) is 0 Å². The van der Waals surface area contributed by atoms with E-state index < -0.39 is 35.3 Å². The average Bonchev–Trinajstić information content (AvgIpc) is 2.62. The topological polar surface area (TPSA) is 82.1 Å². The van der Waals surface area contributed by atoms with E-state index >= 15 is 0 Å². The highest BCUT2D eigenvalue weighted by Gasteiger charge is 2.33.